The Bertz CT molecular complexity index is 910. The number of thioether (sulfide) groups is 1. The number of hydrogen-bond acceptors (Lipinski definition) is 5. The van der Waals surface area contributed by atoms with Gasteiger partial charge in [-0.25, -0.2) is 4.79 Å². The van der Waals surface area contributed by atoms with Crippen LogP contribution >= 0.6 is 35.3 Å². The maximum absolute atomic E-state index is 12.1. The van der Waals surface area contributed by atoms with Crippen LogP contribution in [0, 0.1) is 0 Å². The van der Waals surface area contributed by atoms with Gasteiger partial charge in [0.1, 0.15) is 4.88 Å². The molecule has 0 saturated carbocycles. The molecule has 0 unspecified atom stereocenters. The second-order valence-corrected chi connectivity index (χ2v) is 7.97. The number of methoxy groups -OCH3 is 1. The standard InChI is InChI=1S/C19H18N2O2S3/c1-23-18(22)17-16(14-9-5-6-10-15(14)26-17)21-19(24)20-11-12-25-13-7-3-2-4-8-13/h2-10H,11-12H2,1H3,(H2,20,21,24). The topological polar surface area (TPSA) is 50.4 Å². The molecule has 1 aromatic heterocycles. The Hall–Kier alpha value is -2.09. The molecule has 4 nitrogen and oxygen atoms in total. The van der Waals surface area contributed by atoms with Gasteiger partial charge in [0.15, 0.2) is 5.11 Å². The summed E-state index contributed by atoms with van der Waals surface area (Å²) in [6.45, 7) is 0.723. The summed E-state index contributed by atoms with van der Waals surface area (Å²) in [5.41, 5.74) is 0.700. The third-order valence-electron chi connectivity index (χ3n) is 3.60. The molecule has 3 aromatic rings. The molecule has 0 radical (unpaired) electrons. The zero-order valence-electron chi connectivity index (χ0n) is 14.2. The lowest BCUT2D eigenvalue weighted by Gasteiger charge is -2.11. The Morgan fingerprint density at radius 2 is 1.88 bits per heavy atom. The largest absolute Gasteiger partial charge is 0.465 e. The van der Waals surface area contributed by atoms with Crippen LogP contribution in [0.15, 0.2) is 59.5 Å². The maximum Gasteiger partial charge on any atom is 0.350 e. The average Bonchev–Trinajstić information content (AvgIpc) is 3.04. The fourth-order valence-electron chi connectivity index (χ4n) is 2.41. The molecule has 1 heterocycles. The van der Waals surface area contributed by atoms with Gasteiger partial charge in [-0.3, -0.25) is 0 Å². The van der Waals surface area contributed by atoms with Crippen molar-refractivity contribution >= 4 is 62.2 Å². The third-order valence-corrected chi connectivity index (χ3v) is 6.02. The molecular formula is C19H18N2O2S3. The van der Waals surface area contributed by atoms with E-state index < -0.39 is 0 Å². The molecular weight excluding hydrogens is 384 g/mol. The molecule has 2 aromatic carbocycles. The Morgan fingerprint density at radius 1 is 1.15 bits per heavy atom. The van der Waals surface area contributed by atoms with Crippen molar-refractivity contribution in [3.63, 3.8) is 0 Å². The van der Waals surface area contributed by atoms with E-state index in [2.05, 4.69) is 22.8 Å². The van der Waals surface area contributed by atoms with Gasteiger partial charge in [0, 0.05) is 27.3 Å². The average molecular weight is 403 g/mol. The maximum atomic E-state index is 12.1. The van der Waals surface area contributed by atoms with Gasteiger partial charge in [-0.2, -0.15) is 0 Å². The molecule has 0 aliphatic carbocycles. The lowest BCUT2D eigenvalue weighted by molar-refractivity contribution is 0.0607. The first kappa shape index (κ1) is 18.7. The molecule has 0 aliphatic rings. The smallest absolute Gasteiger partial charge is 0.350 e. The predicted octanol–water partition coefficient (Wildman–Crippen LogP) is 4.77. The fourth-order valence-corrected chi connectivity index (χ4v) is 4.48. The van der Waals surface area contributed by atoms with E-state index in [0.717, 1.165) is 22.4 Å². The van der Waals surface area contributed by atoms with Crippen LogP contribution in [0.1, 0.15) is 9.67 Å². The summed E-state index contributed by atoms with van der Waals surface area (Å²) >= 11 is 8.56. The SMILES string of the molecule is COC(=O)c1sc2ccccc2c1NC(=S)NCCSc1ccccc1. The van der Waals surface area contributed by atoms with Crippen molar-refractivity contribution in [3.8, 4) is 0 Å². The van der Waals surface area contributed by atoms with Gasteiger partial charge in [-0.15, -0.1) is 23.1 Å². The summed E-state index contributed by atoms with van der Waals surface area (Å²) in [5.74, 6) is 0.524. The van der Waals surface area contributed by atoms with Crippen LogP contribution in [0.4, 0.5) is 5.69 Å². The summed E-state index contributed by atoms with van der Waals surface area (Å²) in [7, 11) is 1.38. The van der Waals surface area contributed by atoms with Gasteiger partial charge < -0.3 is 15.4 Å². The zero-order chi connectivity index (χ0) is 18.4. The monoisotopic (exact) mass is 402 g/mol. The van der Waals surface area contributed by atoms with Crippen molar-refractivity contribution in [2.75, 3.05) is 24.7 Å². The van der Waals surface area contributed by atoms with Crippen LogP contribution in [0.3, 0.4) is 0 Å². The molecule has 0 saturated heterocycles. The van der Waals surface area contributed by atoms with Crippen LogP contribution in [-0.4, -0.2) is 30.5 Å². The normalized spacial score (nSPS) is 10.5. The van der Waals surface area contributed by atoms with E-state index in [1.54, 1.807) is 11.8 Å². The van der Waals surface area contributed by atoms with Crippen LogP contribution in [0.25, 0.3) is 10.1 Å². The first-order valence-electron chi connectivity index (χ1n) is 8.01. The highest BCUT2D eigenvalue weighted by Gasteiger charge is 2.19. The van der Waals surface area contributed by atoms with Gasteiger partial charge in [0.25, 0.3) is 0 Å². The minimum absolute atomic E-state index is 0.365. The number of rotatable bonds is 6. The van der Waals surface area contributed by atoms with Gasteiger partial charge in [0.2, 0.25) is 0 Å². The van der Waals surface area contributed by atoms with Crippen LogP contribution in [0.2, 0.25) is 0 Å². The number of anilines is 1. The first-order chi connectivity index (χ1) is 12.7. The number of carbonyl (C=O) groups excluding carboxylic acids is 1. The number of nitrogens with one attached hydrogen (secondary N) is 2. The van der Waals surface area contributed by atoms with Crippen LogP contribution in [-0.2, 0) is 4.74 Å². The molecule has 0 amide bonds. The number of ether oxygens (including phenoxy) is 1. The van der Waals surface area contributed by atoms with Crippen molar-refractivity contribution in [1.82, 2.24) is 5.32 Å². The lowest BCUT2D eigenvalue weighted by atomic mass is 10.2. The third kappa shape index (κ3) is 4.55. The molecule has 0 bridgehead atoms. The highest BCUT2D eigenvalue weighted by molar-refractivity contribution is 7.99. The number of thiocarbonyl (C=S) groups is 1. The number of carbonyl (C=O) groups is 1. The van der Waals surface area contributed by atoms with Gasteiger partial charge in [-0.05, 0) is 30.4 Å². The molecule has 134 valence electrons. The minimum atomic E-state index is -0.365. The number of thiophene rings is 1. The lowest BCUT2D eigenvalue weighted by Crippen LogP contribution is -2.30. The van der Waals surface area contributed by atoms with E-state index in [0.29, 0.717) is 15.7 Å². The van der Waals surface area contributed by atoms with E-state index in [1.165, 1.54) is 23.3 Å². The van der Waals surface area contributed by atoms with Crippen molar-refractivity contribution in [2.24, 2.45) is 0 Å². The zero-order valence-corrected chi connectivity index (χ0v) is 16.6. The Balaban J connectivity index is 1.62. The Kier molecular flexibility index (Phi) is 6.49. The second kappa shape index (κ2) is 9.02. The summed E-state index contributed by atoms with van der Waals surface area (Å²) < 4.78 is 5.91. The first-order valence-corrected chi connectivity index (χ1v) is 10.2. The summed E-state index contributed by atoms with van der Waals surface area (Å²) in [6.07, 6.45) is 0. The molecule has 0 spiro atoms. The van der Waals surface area contributed by atoms with Crippen LogP contribution in [0.5, 0.6) is 0 Å². The number of benzene rings is 2. The number of fused-ring (bicyclic) bond motifs is 1. The summed E-state index contributed by atoms with van der Waals surface area (Å²) in [4.78, 5) is 13.8. The number of esters is 1. The molecule has 7 heteroatoms. The molecule has 2 N–H and O–H groups in total. The second-order valence-electron chi connectivity index (χ2n) is 5.34. The number of hydrogen-bond donors (Lipinski definition) is 2. The molecule has 3 rings (SSSR count). The molecule has 0 fully saturated rings. The van der Waals surface area contributed by atoms with E-state index in [-0.39, 0.29) is 5.97 Å². The highest BCUT2D eigenvalue weighted by Crippen LogP contribution is 2.36. The highest BCUT2D eigenvalue weighted by atomic mass is 32.2. The van der Waals surface area contributed by atoms with E-state index in [9.17, 15) is 4.79 Å². The molecule has 0 atom stereocenters. The fraction of sp³-hybridized carbons (Fsp3) is 0.158. The van der Waals surface area contributed by atoms with E-state index in [1.807, 2.05) is 42.5 Å². The molecule has 0 aliphatic heterocycles. The van der Waals surface area contributed by atoms with Crippen molar-refractivity contribution < 1.29 is 9.53 Å². The van der Waals surface area contributed by atoms with Crippen LogP contribution < -0.4 is 10.6 Å². The Labute approximate surface area is 165 Å². The van der Waals surface area contributed by atoms with Crippen molar-refractivity contribution in [1.29, 1.82) is 0 Å². The van der Waals surface area contributed by atoms with Crippen molar-refractivity contribution in [2.45, 2.75) is 4.90 Å². The Morgan fingerprint density at radius 3 is 2.65 bits per heavy atom. The quantitative estimate of drug-likeness (QED) is 0.268. The minimum Gasteiger partial charge on any atom is -0.465 e. The molecule has 26 heavy (non-hydrogen) atoms. The van der Waals surface area contributed by atoms with E-state index >= 15 is 0 Å². The van der Waals surface area contributed by atoms with Gasteiger partial charge in [0.05, 0.1) is 12.8 Å². The predicted molar refractivity (Wildman–Crippen MR) is 115 cm³/mol. The van der Waals surface area contributed by atoms with Crippen molar-refractivity contribution in [3.05, 3.63) is 59.5 Å². The summed E-state index contributed by atoms with van der Waals surface area (Å²) in [6, 6.07) is 18.1. The van der Waals surface area contributed by atoms with Gasteiger partial charge in [-0.1, -0.05) is 36.4 Å². The van der Waals surface area contributed by atoms with Gasteiger partial charge >= 0.3 is 5.97 Å². The summed E-state index contributed by atoms with van der Waals surface area (Å²) in [5, 5.41) is 7.81. The van der Waals surface area contributed by atoms with E-state index in [4.69, 9.17) is 17.0 Å².